The number of alkyl halides is 7. The summed E-state index contributed by atoms with van der Waals surface area (Å²) >= 11 is 0. The summed E-state index contributed by atoms with van der Waals surface area (Å²) in [6.07, 6.45) is -5.73. The second kappa shape index (κ2) is 14.2. The Balaban J connectivity index is 1.67. The standard InChI is InChI=1S/C27H27F7O7/c1-17(2)40-22(35)18-9-13-21(14-10-18)41-23(36)19-7-11-20(12-8-19)38-15-5-3-4-6-16-39-24(37)25(28,29)26(30,31)27(32,33)34/h7-14,17H,3-6,15-16H2,1-2H3. The van der Waals surface area contributed by atoms with E-state index in [2.05, 4.69) is 4.74 Å². The lowest BCUT2D eigenvalue weighted by Crippen LogP contribution is -2.56. The van der Waals surface area contributed by atoms with Crippen LogP contribution in [0.4, 0.5) is 30.7 Å². The molecule has 0 saturated heterocycles. The molecule has 2 aromatic carbocycles. The van der Waals surface area contributed by atoms with Crippen molar-refractivity contribution in [2.75, 3.05) is 13.2 Å². The maximum absolute atomic E-state index is 13.2. The highest BCUT2D eigenvalue weighted by atomic mass is 19.4. The van der Waals surface area contributed by atoms with Crippen molar-refractivity contribution < 1.29 is 64.1 Å². The number of esters is 3. The summed E-state index contributed by atoms with van der Waals surface area (Å²) in [5, 5.41) is 0. The van der Waals surface area contributed by atoms with Crippen molar-refractivity contribution in [1.82, 2.24) is 0 Å². The minimum atomic E-state index is -6.61. The first-order chi connectivity index (χ1) is 19.1. The Labute approximate surface area is 230 Å². The molecule has 7 nitrogen and oxygen atoms in total. The van der Waals surface area contributed by atoms with Gasteiger partial charge in [0, 0.05) is 0 Å². The summed E-state index contributed by atoms with van der Waals surface area (Å²) in [4.78, 5) is 35.3. The quantitative estimate of drug-likeness (QED) is 0.103. The predicted molar refractivity (Wildman–Crippen MR) is 129 cm³/mol. The molecular weight excluding hydrogens is 569 g/mol. The van der Waals surface area contributed by atoms with E-state index in [0.717, 1.165) is 0 Å². The van der Waals surface area contributed by atoms with Crippen molar-refractivity contribution in [1.29, 1.82) is 0 Å². The zero-order valence-corrected chi connectivity index (χ0v) is 21.9. The molecule has 0 aromatic heterocycles. The monoisotopic (exact) mass is 596 g/mol. The Hall–Kier alpha value is -3.84. The van der Waals surface area contributed by atoms with Gasteiger partial charge in [0.1, 0.15) is 11.5 Å². The van der Waals surface area contributed by atoms with Gasteiger partial charge in [-0.3, -0.25) is 0 Å². The number of hydrogen-bond acceptors (Lipinski definition) is 7. The van der Waals surface area contributed by atoms with E-state index >= 15 is 0 Å². The van der Waals surface area contributed by atoms with Crippen LogP contribution in [-0.2, 0) is 14.3 Å². The maximum Gasteiger partial charge on any atom is 0.460 e. The molecule has 0 aliphatic rings. The van der Waals surface area contributed by atoms with Crippen LogP contribution in [0.25, 0.3) is 0 Å². The van der Waals surface area contributed by atoms with Gasteiger partial charge in [0.25, 0.3) is 0 Å². The summed E-state index contributed by atoms with van der Waals surface area (Å²) in [5.41, 5.74) is 0.536. The number of hydrogen-bond donors (Lipinski definition) is 0. The van der Waals surface area contributed by atoms with Crippen LogP contribution < -0.4 is 9.47 Å². The summed E-state index contributed by atoms with van der Waals surface area (Å²) < 4.78 is 108. The highest BCUT2D eigenvalue weighted by Crippen LogP contribution is 2.47. The molecule has 0 bridgehead atoms. The van der Waals surface area contributed by atoms with E-state index in [1.807, 2.05) is 0 Å². The van der Waals surface area contributed by atoms with Gasteiger partial charge in [-0.2, -0.15) is 30.7 Å². The second-order valence-corrected chi connectivity index (χ2v) is 8.94. The second-order valence-electron chi connectivity index (χ2n) is 8.94. The molecule has 14 heteroatoms. The topological polar surface area (TPSA) is 88.1 Å². The molecule has 0 unspecified atom stereocenters. The Morgan fingerprint density at radius 2 is 1.17 bits per heavy atom. The summed E-state index contributed by atoms with van der Waals surface area (Å²) in [6, 6.07) is 11.8. The molecule has 0 radical (unpaired) electrons. The van der Waals surface area contributed by atoms with Crippen LogP contribution >= 0.6 is 0 Å². The first-order valence-corrected chi connectivity index (χ1v) is 12.3. The molecule has 226 valence electrons. The van der Waals surface area contributed by atoms with Crippen LogP contribution in [0.5, 0.6) is 11.5 Å². The number of ether oxygens (including phenoxy) is 4. The lowest BCUT2D eigenvalue weighted by Gasteiger charge is -2.26. The number of rotatable bonds is 14. The molecule has 0 atom stereocenters. The maximum atomic E-state index is 13.2. The fourth-order valence-electron chi connectivity index (χ4n) is 3.10. The van der Waals surface area contributed by atoms with Crippen molar-refractivity contribution in [3.8, 4) is 11.5 Å². The highest BCUT2D eigenvalue weighted by molar-refractivity contribution is 5.92. The smallest absolute Gasteiger partial charge is 0.460 e. The van der Waals surface area contributed by atoms with Gasteiger partial charge in [0.2, 0.25) is 0 Å². The number of benzene rings is 2. The lowest BCUT2D eigenvalue weighted by molar-refractivity contribution is -0.348. The van der Waals surface area contributed by atoms with Gasteiger partial charge in [-0.05, 0) is 88.1 Å². The van der Waals surface area contributed by atoms with Crippen LogP contribution in [-0.4, -0.2) is 55.2 Å². The zero-order valence-electron chi connectivity index (χ0n) is 21.9. The van der Waals surface area contributed by atoms with Crippen LogP contribution in [0.15, 0.2) is 48.5 Å². The molecule has 0 fully saturated rings. The van der Waals surface area contributed by atoms with Crippen LogP contribution in [0.2, 0.25) is 0 Å². The minimum Gasteiger partial charge on any atom is -0.494 e. The third kappa shape index (κ3) is 9.35. The van der Waals surface area contributed by atoms with Gasteiger partial charge in [-0.25, -0.2) is 14.4 Å². The Kier molecular flexibility index (Phi) is 11.5. The number of carbonyl (C=O) groups excluding carboxylic acids is 3. The zero-order chi connectivity index (χ0) is 30.8. The third-order valence-electron chi connectivity index (χ3n) is 5.28. The van der Waals surface area contributed by atoms with Gasteiger partial charge >= 0.3 is 35.9 Å². The van der Waals surface area contributed by atoms with E-state index in [4.69, 9.17) is 14.2 Å². The van der Waals surface area contributed by atoms with Crippen molar-refractivity contribution in [2.45, 2.75) is 63.7 Å². The molecule has 0 saturated carbocycles. The Bertz CT molecular complexity index is 1160. The normalized spacial score (nSPS) is 12.1. The highest BCUT2D eigenvalue weighted by Gasteiger charge is 2.77. The first-order valence-electron chi connectivity index (χ1n) is 12.3. The third-order valence-corrected chi connectivity index (χ3v) is 5.28. The van der Waals surface area contributed by atoms with Crippen LogP contribution in [0.3, 0.4) is 0 Å². The van der Waals surface area contributed by atoms with Crippen LogP contribution in [0.1, 0.15) is 60.2 Å². The fourth-order valence-corrected chi connectivity index (χ4v) is 3.10. The number of unbranched alkanes of at least 4 members (excludes halogenated alkanes) is 3. The van der Waals surface area contributed by atoms with Gasteiger partial charge in [0.15, 0.2) is 0 Å². The lowest BCUT2D eigenvalue weighted by atomic mass is 10.1. The molecular formula is C27H27F7O7. The molecule has 0 amide bonds. The van der Waals surface area contributed by atoms with E-state index in [9.17, 15) is 45.1 Å². The molecule has 0 aliphatic heterocycles. The van der Waals surface area contributed by atoms with E-state index in [1.165, 1.54) is 48.5 Å². The summed E-state index contributed by atoms with van der Waals surface area (Å²) in [6.45, 7) is 2.90. The van der Waals surface area contributed by atoms with Crippen molar-refractivity contribution in [3.63, 3.8) is 0 Å². The van der Waals surface area contributed by atoms with Crippen molar-refractivity contribution in [2.24, 2.45) is 0 Å². The fraction of sp³-hybridized carbons (Fsp3) is 0.444. The predicted octanol–water partition coefficient (Wildman–Crippen LogP) is 6.79. The average molecular weight is 596 g/mol. The molecule has 0 aliphatic carbocycles. The number of halogens is 7. The van der Waals surface area contributed by atoms with E-state index < -0.39 is 42.5 Å². The SMILES string of the molecule is CC(C)OC(=O)c1ccc(OC(=O)c2ccc(OCCCCCCOC(=O)C(F)(F)C(F)(F)C(F)(F)F)cc2)cc1. The van der Waals surface area contributed by atoms with Crippen molar-refractivity contribution in [3.05, 3.63) is 59.7 Å². The van der Waals surface area contributed by atoms with Gasteiger partial charge < -0.3 is 18.9 Å². The first kappa shape index (κ1) is 33.4. The van der Waals surface area contributed by atoms with Gasteiger partial charge in [-0.1, -0.05) is 0 Å². The molecule has 41 heavy (non-hydrogen) atoms. The van der Waals surface area contributed by atoms with E-state index in [0.29, 0.717) is 30.6 Å². The van der Waals surface area contributed by atoms with E-state index in [1.54, 1.807) is 13.8 Å². The molecule has 0 N–H and O–H groups in total. The summed E-state index contributed by atoms with van der Waals surface area (Å²) in [5.74, 6) is -16.0. The number of carbonyl (C=O) groups is 3. The molecule has 2 aromatic rings. The molecule has 2 rings (SSSR count). The molecule has 0 heterocycles. The minimum absolute atomic E-state index is 0.0407. The van der Waals surface area contributed by atoms with Gasteiger partial charge in [0.05, 0.1) is 30.4 Å². The average Bonchev–Trinajstić information content (AvgIpc) is 2.89. The Morgan fingerprint density at radius 3 is 1.68 bits per heavy atom. The van der Waals surface area contributed by atoms with Crippen molar-refractivity contribution >= 4 is 17.9 Å². The largest absolute Gasteiger partial charge is 0.494 e. The molecule has 0 spiro atoms. The van der Waals surface area contributed by atoms with Gasteiger partial charge in [-0.15, -0.1) is 0 Å². The van der Waals surface area contributed by atoms with Crippen LogP contribution in [0, 0.1) is 0 Å². The van der Waals surface area contributed by atoms with E-state index in [-0.39, 0.29) is 30.4 Å². The Morgan fingerprint density at radius 1 is 0.683 bits per heavy atom. The summed E-state index contributed by atoms with van der Waals surface area (Å²) in [7, 11) is 0.